The van der Waals surface area contributed by atoms with Crippen molar-refractivity contribution in [3.63, 3.8) is 0 Å². The predicted molar refractivity (Wildman–Crippen MR) is 50.9 cm³/mol. The summed E-state index contributed by atoms with van der Waals surface area (Å²) in [5.41, 5.74) is 2.13. The highest BCUT2D eigenvalue weighted by Crippen LogP contribution is 2.39. The molecule has 72 valence electrons. The van der Waals surface area contributed by atoms with E-state index < -0.39 is 0 Å². The van der Waals surface area contributed by atoms with Gasteiger partial charge in [-0.25, -0.2) is 9.50 Å². The summed E-state index contributed by atoms with van der Waals surface area (Å²) in [5, 5.41) is 13.0. The molecule has 0 aliphatic heterocycles. The maximum absolute atomic E-state index is 8.89. The minimum absolute atomic E-state index is 0.0968. The number of hydrogen-bond acceptors (Lipinski definition) is 3. The first-order valence-electron chi connectivity index (χ1n) is 4.83. The molecular weight excluding hydrogens is 178 g/mol. The molecule has 0 radical (unpaired) electrons. The molecule has 1 saturated carbocycles. The van der Waals surface area contributed by atoms with Gasteiger partial charge in [-0.2, -0.15) is 0 Å². The highest BCUT2D eigenvalue weighted by molar-refractivity contribution is 5.40. The number of hydrogen-bond donors (Lipinski definition) is 1. The van der Waals surface area contributed by atoms with Crippen molar-refractivity contribution in [1.82, 2.24) is 14.6 Å². The highest BCUT2D eigenvalue weighted by Gasteiger charge is 2.23. The van der Waals surface area contributed by atoms with Crippen molar-refractivity contribution in [3.8, 4) is 0 Å². The number of aromatic nitrogens is 3. The molecule has 1 fully saturated rings. The van der Waals surface area contributed by atoms with Gasteiger partial charge in [0, 0.05) is 6.20 Å². The van der Waals surface area contributed by atoms with Crippen LogP contribution < -0.4 is 0 Å². The Morgan fingerprint density at radius 2 is 2.29 bits per heavy atom. The maximum Gasteiger partial charge on any atom is 0.177 e. The molecule has 0 bridgehead atoms. The van der Waals surface area contributed by atoms with E-state index in [9.17, 15) is 0 Å². The molecule has 1 aliphatic carbocycles. The monoisotopic (exact) mass is 189 g/mol. The summed E-state index contributed by atoms with van der Waals surface area (Å²) in [6.07, 6.45) is 4.58. The Labute approximate surface area is 81.2 Å². The molecule has 2 heterocycles. The molecule has 1 N–H and O–H groups in total. The zero-order chi connectivity index (χ0) is 9.54. The molecule has 2 aromatic heterocycles. The quantitative estimate of drug-likeness (QED) is 0.769. The van der Waals surface area contributed by atoms with Crippen LogP contribution in [0.3, 0.4) is 0 Å². The molecular formula is C10H11N3O. The Bertz CT molecular complexity index is 473. The molecule has 1 aliphatic rings. The van der Waals surface area contributed by atoms with Crippen molar-refractivity contribution in [2.45, 2.75) is 25.4 Å². The van der Waals surface area contributed by atoms with E-state index in [0.29, 0.717) is 5.82 Å². The van der Waals surface area contributed by atoms with Gasteiger partial charge in [0.25, 0.3) is 0 Å². The lowest BCUT2D eigenvalue weighted by atomic mass is 10.2. The highest BCUT2D eigenvalue weighted by atomic mass is 16.3. The SMILES string of the molecule is OCc1nc2ccc(C3CC3)cn2n1. The van der Waals surface area contributed by atoms with Crippen molar-refractivity contribution in [1.29, 1.82) is 0 Å². The van der Waals surface area contributed by atoms with E-state index in [-0.39, 0.29) is 6.61 Å². The smallest absolute Gasteiger partial charge is 0.177 e. The van der Waals surface area contributed by atoms with E-state index in [2.05, 4.69) is 16.1 Å². The van der Waals surface area contributed by atoms with Gasteiger partial charge < -0.3 is 5.11 Å². The number of pyridine rings is 1. The zero-order valence-corrected chi connectivity index (χ0v) is 7.72. The number of aliphatic hydroxyl groups excluding tert-OH is 1. The first kappa shape index (κ1) is 7.94. The average molecular weight is 189 g/mol. The van der Waals surface area contributed by atoms with Gasteiger partial charge in [0.15, 0.2) is 11.5 Å². The third kappa shape index (κ3) is 1.19. The summed E-state index contributed by atoms with van der Waals surface area (Å²) in [5.74, 6) is 1.21. The molecule has 4 nitrogen and oxygen atoms in total. The summed E-state index contributed by atoms with van der Waals surface area (Å²) in [4.78, 5) is 4.15. The van der Waals surface area contributed by atoms with E-state index >= 15 is 0 Å². The van der Waals surface area contributed by atoms with E-state index in [1.54, 1.807) is 4.52 Å². The molecule has 0 aromatic carbocycles. The summed E-state index contributed by atoms with van der Waals surface area (Å²) in [7, 11) is 0. The Morgan fingerprint density at radius 1 is 1.43 bits per heavy atom. The van der Waals surface area contributed by atoms with Gasteiger partial charge in [0.2, 0.25) is 0 Å². The van der Waals surface area contributed by atoms with Crippen LogP contribution in [0.15, 0.2) is 18.3 Å². The van der Waals surface area contributed by atoms with Gasteiger partial charge in [0.1, 0.15) is 6.61 Å². The van der Waals surface area contributed by atoms with E-state index in [0.717, 1.165) is 11.6 Å². The Kier molecular flexibility index (Phi) is 1.58. The van der Waals surface area contributed by atoms with Crippen molar-refractivity contribution in [3.05, 3.63) is 29.7 Å². The van der Waals surface area contributed by atoms with Crippen molar-refractivity contribution < 1.29 is 5.11 Å². The maximum atomic E-state index is 8.89. The van der Waals surface area contributed by atoms with Crippen LogP contribution >= 0.6 is 0 Å². The van der Waals surface area contributed by atoms with Crippen LogP contribution in [0.4, 0.5) is 0 Å². The minimum Gasteiger partial charge on any atom is -0.388 e. The predicted octanol–water partition coefficient (Wildman–Crippen LogP) is 1.10. The second-order valence-corrected chi connectivity index (χ2v) is 3.73. The standard InChI is InChI=1S/C10H11N3O/c14-6-9-11-10-4-3-8(7-1-2-7)5-13(10)12-9/h3-5,7,14H,1-2,6H2. The molecule has 2 aromatic rings. The third-order valence-corrected chi connectivity index (χ3v) is 2.59. The molecule has 0 unspecified atom stereocenters. The molecule has 0 saturated heterocycles. The van der Waals surface area contributed by atoms with Gasteiger partial charge in [-0.05, 0) is 30.4 Å². The van der Waals surface area contributed by atoms with Crippen molar-refractivity contribution in [2.75, 3.05) is 0 Å². The molecule has 0 atom stereocenters. The lowest BCUT2D eigenvalue weighted by Gasteiger charge is -1.96. The van der Waals surface area contributed by atoms with Crippen LogP contribution in [0.1, 0.15) is 30.1 Å². The second-order valence-electron chi connectivity index (χ2n) is 3.73. The summed E-state index contributed by atoms with van der Waals surface area (Å²) < 4.78 is 1.75. The van der Waals surface area contributed by atoms with Gasteiger partial charge in [-0.15, -0.1) is 5.10 Å². The fraction of sp³-hybridized carbons (Fsp3) is 0.400. The van der Waals surface area contributed by atoms with Gasteiger partial charge in [-0.1, -0.05) is 6.07 Å². The number of aliphatic hydroxyl groups is 1. The lowest BCUT2D eigenvalue weighted by molar-refractivity contribution is 0.271. The Morgan fingerprint density at radius 3 is 3.00 bits per heavy atom. The lowest BCUT2D eigenvalue weighted by Crippen LogP contribution is -1.91. The Balaban J connectivity index is 2.12. The fourth-order valence-corrected chi connectivity index (χ4v) is 1.67. The van der Waals surface area contributed by atoms with Crippen LogP contribution in [-0.4, -0.2) is 19.7 Å². The van der Waals surface area contributed by atoms with Crippen LogP contribution in [0.25, 0.3) is 5.65 Å². The average Bonchev–Trinajstić information content (AvgIpc) is 2.97. The molecule has 3 rings (SSSR count). The van der Waals surface area contributed by atoms with Gasteiger partial charge >= 0.3 is 0 Å². The normalized spacial score (nSPS) is 16.4. The molecule has 0 spiro atoms. The van der Waals surface area contributed by atoms with Crippen molar-refractivity contribution in [2.24, 2.45) is 0 Å². The van der Waals surface area contributed by atoms with E-state index in [4.69, 9.17) is 5.11 Å². The number of rotatable bonds is 2. The summed E-state index contributed by atoms with van der Waals surface area (Å²) in [6.45, 7) is -0.0968. The largest absolute Gasteiger partial charge is 0.388 e. The molecule has 14 heavy (non-hydrogen) atoms. The minimum atomic E-state index is -0.0968. The Hall–Kier alpha value is -1.42. The van der Waals surface area contributed by atoms with Crippen LogP contribution in [0.5, 0.6) is 0 Å². The van der Waals surface area contributed by atoms with Crippen molar-refractivity contribution >= 4 is 5.65 Å². The van der Waals surface area contributed by atoms with Gasteiger partial charge in [0.05, 0.1) is 0 Å². The number of fused-ring (bicyclic) bond motifs is 1. The van der Waals surface area contributed by atoms with E-state index in [1.165, 1.54) is 18.4 Å². The van der Waals surface area contributed by atoms with E-state index in [1.807, 2.05) is 12.3 Å². The molecule has 0 amide bonds. The van der Waals surface area contributed by atoms with Crippen LogP contribution in [0.2, 0.25) is 0 Å². The van der Waals surface area contributed by atoms with Crippen LogP contribution in [0, 0.1) is 0 Å². The van der Waals surface area contributed by atoms with Crippen LogP contribution in [-0.2, 0) is 6.61 Å². The summed E-state index contributed by atoms with van der Waals surface area (Å²) in [6, 6.07) is 4.06. The second kappa shape index (κ2) is 2.78. The molecule has 4 heteroatoms. The fourth-order valence-electron chi connectivity index (χ4n) is 1.67. The first-order valence-corrected chi connectivity index (χ1v) is 4.83. The number of nitrogens with zero attached hydrogens (tertiary/aromatic N) is 3. The zero-order valence-electron chi connectivity index (χ0n) is 7.72. The topological polar surface area (TPSA) is 50.4 Å². The third-order valence-electron chi connectivity index (χ3n) is 2.59. The first-order chi connectivity index (χ1) is 6.86. The summed E-state index contributed by atoms with van der Waals surface area (Å²) >= 11 is 0. The van der Waals surface area contributed by atoms with Gasteiger partial charge in [-0.3, -0.25) is 0 Å².